The van der Waals surface area contributed by atoms with E-state index >= 15 is 0 Å². The van der Waals surface area contributed by atoms with Crippen molar-refractivity contribution in [3.05, 3.63) is 0 Å². The van der Waals surface area contributed by atoms with E-state index in [4.69, 9.17) is 7.74 Å². The maximum atomic E-state index is 5.49. The van der Waals surface area contributed by atoms with Crippen LogP contribution in [0.2, 0.25) is 6.82 Å². The second-order valence-electron chi connectivity index (χ2n) is 4.35. The highest BCUT2D eigenvalue weighted by Crippen LogP contribution is 2.39. The summed E-state index contributed by atoms with van der Waals surface area (Å²) in [6, 6.07) is 0. The molecule has 0 N–H and O–H groups in total. The molecule has 2 aliphatic heterocycles. The SMILES string of the molecule is [B][B]N1CCC2(CC1)CN([B]C)C2. The molecular weight excluding hydrogens is 157 g/mol. The largest absolute Gasteiger partial charge is 0.356 e. The molecule has 0 bridgehead atoms. The first-order valence-electron chi connectivity index (χ1n) is 5.11. The average Bonchev–Trinajstić information content (AvgIpc) is 2.14. The van der Waals surface area contributed by atoms with Crippen molar-refractivity contribution in [2.45, 2.75) is 19.7 Å². The van der Waals surface area contributed by atoms with E-state index in [0.29, 0.717) is 5.41 Å². The maximum Gasteiger partial charge on any atom is 0.205 e. The van der Waals surface area contributed by atoms with Gasteiger partial charge in [0.05, 0.1) is 0 Å². The molecule has 66 valence electrons. The Bertz CT molecular complexity index is 172. The Balaban J connectivity index is 1.79. The summed E-state index contributed by atoms with van der Waals surface area (Å²) in [5, 5.41) is 0. The van der Waals surface area contributed by atoms with Gasteiger partial charge in [0, 0.05) is 7.74 Å². The zero-order valence-electron chi connectivity index (χ0n) is 8.37. The molecule has 0 aliphatic carbocycles. The van der Waals surface area contributed by atoms with Gasteiger partial charge in [0.1, 0.15) is 7.31 Å². The lowest BCUT2D eigenvalue weighted by Crippen LogP contribution is -2.61. The van der Waals surface area contributed by atoms with Gasteiger partial charge in [-0.2, -0.15) is 0 Å². The van der Waals surface area contributed by atoms with Crippen molar-refractivity contribution in [1.82, 2.24) is 9.62 Å². The van der Waals surface area contributed by atoms with E-state index in [1.165, 1.54) is 25.9 Å². The van der Waals surface area contributed by atoms with Crippen molar-refractivity contribution in [1.29, 1.82) is 0 Å². The van der Waals surface area contributed by atoms with Crippen LogP contribution in [0.1, 0.15) is 12.8 Å². The molecule has 2 rings (SSSR count). The van der Waals surface area contributed by atoms with E-state index in [-0.39, 0.29) is 0 Å². The molecule has 4 radical (unpaired) electrons. The lowest BCUT2D eigenvalue weighted by molar-refractivity contribution is 0.0184. The monoisotopic (exact) mass is 172 g/mol. The Morgan fingerprint density at radius 1 is 1.15 bits per heavy atom. The number of hydrogen-bond acceptors (Lipinski definition) is 2. The molecule has 0 unspecified atom stereocenters. The first kappa shape index (κ1) is 9.66. The Hall–Kier alpha value is 0.115. The van der Waals surface area contributed by atoms with Crippen molar-refractivity contribution >= 4 is 22.5 Å². The third-order valence-corrected chi connectivity index (χ3v) is 3.51. The minimum atomic E-state index is 0.631. The van der Waals surface area contributed by atoms with Gasteiger partial charge in [0.2, 0.25) is 7.41 Å². The van der Waals surface area contributed by atoms with Crippen LogP contribution in [0.3, 0.4) is 0 Å². The molecule has 0 amide bonds. The van der Waals surface area contributed by atoms with Crippen molar-refractivity contribution in [2.24, 2.45) is 5.41 Å². The minimum absolute atomic E-state index is 0.631. The quantitative estimate of drug-likeness (QED) is 0.529. The summed E-state index contributed by atoms with van der Waals surface area (Å²) in [6.45, 7) is 6.95. The number of nitrogens with zero attached hydrogens (tertiary/aromatic N) is 2. The first-order valence-corrected chi connectivity index (χ1v) is 5.11. The van der Waals surface area contributed by atoms with Gasteiger partial charge in [-0.3, -0.25) is 0 Å². The summed E-state index contributed by atoms with van der Waals surface area (Å²) in [6.07, 6.45) is 2.62. The molecule has 13 heavy (non-hydrogen) atoms. The Kier molecular flexibility index (Phi) is 2.75. The van der Waals surface area contributed by atoms with Crippen LogP contribution >= 0.6 is 0 Å². The standard InChI is InChI=1S/C8H15B3N2/c1-10-13-6-8(7-13)2-4-12(11-9)5-3-8/h2-7H2,1H3. The zero-order valence-corrected chi connectivity index (χ0v) is 8.37. The van der Waals surface area contributed by atoms with Gasteiger partial charge in [-0.1, -0.05) is 6.82 Å². The Morgan fingerprint density at radius 3 is 2.23 bits per heavy atom. The fourth-order valence-corrected chi connectivity index (χ4v) is 2.46. The van der Waals surface area contributed by atoms with Gasteiger partial charge in [-0.15, -0.1) is 0 Å². The predicted octanol–water partition coefficient (Wildman–Crippen LogP) is -0.246. The van der Waals surface area contributed by atoms with Gasteiger partial charge in [-0.25, -0.2) is 0 Å². The zero-order chi connectivity index (χ0) is 9.31. The summed E-state index contributed by atoms with van der Waals surface area (Å²) < 4.78 is 0. The van der Waals surface area contributed by atoms with E-state index in [9.17, 15) is 0 Å². The van der Waals surface area contributed by atoms with E-state index in [1.807, 2.05) is 0 Å². The highest BCUT2D eigenvalue weighted by atomic mass is 15.2. The Labute approximate surface area is 84.0 Å². The molecule has 0 aromatic heterocycles. The van der Waals surface area contributed by atoms with Crippen LogP contribution < -0.4 is 0 Å². The van der Waals surface area contributed by atoms with Gasteiger partial charge in [0.25, 0.3) is 0 Å². The highest BCUT2D eigenvalue weighted by molar-refractivity contribution is 6.87. The molecule has 2 heterocycles. The van der Waals surface area contributed by atoms with Crippen LogP contribution in [0.15, 0.2) is 0 Å². The smallest absolute Gasteiger partial charge is 0.205 e. The minimum Gasteiger partial charge on any atom is -0.356 e. The van der Waals surface area contributed by atoms with Crippen LogP contribution in [0.25, 0.3) is 0 Å². The van der Waals surface area contributed by atoms with E-state index in [0.717, 1.165) is 13.1 Å². The first-order chi connectivity index (χ1) is 6.28. The Morgan fingerprint density at radius 2 is 1.77 bits per heavy atom. The number of piperidine rings is 1. The molecule has 5 heteroatoms. The predicted molar refractivity (Wildman–Crippen MR) is 57.9 cm³/mol. The van der Waals surface area contributed by atoms with Gasteiger partial charge in [-0.05, 0) is 44.4 Å². The molecular formula is C8H15B3N2. The maximum absolute atomic E-state index is 5.49. The van der Waals surface area contributed by atoms with Gasteiger partial charge < -0.3 is 9.62 Å². The third kappa shape index (κ3) is 1.82. The molecule has 2 fully saturated rings. The number of hydrogen-bond donors (Lipinski definition) is 0. The van der Waals surface area contributed by atoms with Crippen LogP contribution in [0, 0.1) is 5.41 Å². The summed E-state index contributed by atoms with van der Waals surface area (Å²) >= 11 is 0. The van der Waals surface area contributed by atoms with Crippen molar-refractivity contribution < 1.29 is 0 Å². The molecule has 2 aliphatic rings. The van der Waals surface area contributed by atoms with E-state index < -0.39 is 0 Å². The second kappa shape index (κ2) is 3.70. The van der Waals surface area contributed by atoms with Crippen LogP contribution in [-0.2, 0) is 0 Å². The van der Waals surface area contributed by atoms with Crippen LogP contribution in [0.5, 0.6) is 0 Å². The molecule has 0 aromatic rings. The molecule has 0 aromatic carbocycles. The second-order valence-corrected chi connectivity index (χ2v) is 4.35. The lowest BCUT2D eigenvalue weighted by atomic mass is 9.61. The average molecular weight is 172 g/mol. The van der Waals surface area contributed by atoms with Crippen molar-refractivity contribution in [3.8, 4) is 0 Å². The summed E-state index contributed by atoms with van der Waals surface area (Å²) in [5.74, 6) is 0. The highest BCUT2D eigenvalue weighted by Gasteiger charge is 2.43. The van der Waals surface area contributed by atoms with Crippen LogP contribution in [-0.4, -0.2) is 58.3 Å². The topological polar surface area (TPSA) is 6.48 Å². The summed E-state index contributed by atoms with van der Waals surface area (Å²) in [7, 11) is 9.42. The molecule has 1 spiro atoms. The van der Waals surface area contributed by atoms with Crippen molar-refractivity contribution in [2.75, 3.05) is 26.2 Å². The van der Waals surface area contributed by atoms with Gasteiger partial charge in [0.15, 0.2) is 0 Å². The van der Waals surface area contributed by atoms with Crippen molar-refractivity contribution in [3.63, 3.8) is 0 Å². The fraction of sp³-hybridized carbons (Fsp3) is 1.00. The van der Waals surface area contributed by atoms with E-state index in [1.54, 1.807) is 7.31 Å². The summed E-state index contributed by atoms with van der Waals surface area (Å²) in [4.78, 5) is 4.63. The summed E-state index contributed by atoms with van der Waals surface area (Å²) in [5.41, 5.74) is 0.631. The molecule has 0 atom stereocenters. The van der Waals surface area contributed by atoms with Gasteiger partial charge >= 0.3 is 0 Å². The molecule has 2 saturated heterocycles. The molecule has 2 nitrogen and oxygen atoms in total. The molecule has 0 saturated carbocycles. The van der Waals surface area contributed by atoms with E-state index in [2.05, 4.69) is 23.9 Å². The fourth-order valence-electron chi connectivity index (χ4n) is 2.46. The van der Waals surface area contributed by atoms with Crippen LogP contribution in [0.4, 0.5) is 0 Å². The normalized spacial score (nSPS) is 28.4. The number of rotatable bonds is 2. The third-order valence-electron chi connectivity index (χ3n) is 3.51. The lowest BCUT2D eigenvalue weighted by Gasteiger charge is -2.54.